The Morgan fingerprint density at radius 1 is 0.636 bits per heavy atom. The van der Waals surface area contributed by atoms with Crippen molar-refractivity contribution in [2.75, 3.05) is 19.6 Å². The average Bonchev–Trinajstić information content (AvgIpc) is 3.52. The van der Waals surface area contributed by atoms with Crippen LogP contribution in [0.2, 0.25) is 0 Å². The minimum Gasteiger partial charge on any atom is -0.468 e. The Labute approximate surface area is 312 Å². The van der Waals surface area contributed by atoms with Crippen LogP contribution in [-0.2, 0) is 54.6 Å². The molecule has 0 unspecified atom stereocenters. The zero-order chi connectivity index (χ0) is 40.4. The van der Waals surface area contributed by atoms with Gasteiger partial charge in [0.15, 0.2) is 19.7 Å². The van der Waals surface area contributed by atoms with E-state index in [-0.39, 0.29) is 24.2 Å². The summed E-state index contributed by atoms with van der Waals surface area (Å²) in [5, 5.41) is 1.01. The molecule has 0 saturated carbocycles. The molecule has 0 aliphatic heterocycles. The molecular weight excluding hydrogens is 771 g/mol. The summed E-state index contributed by atoms with van der Waals surface area (Å²) in [6, 6.07) is 19.1. The van der Waals surface area contributed by atoms with E-state index in [1.165, 1.54) is 7.11 Å². The summed E-state index contributed by atoms with van der Waals surface area (Å²) in [6.07, 6.45) is -8.18. The second-order valence-corrected chi connectivity index (χ2v) is 17.4. The summed E-state index contributed by atoms with van der Waals surface area (Å²) in [5.41, 5.74) is -0.224. The minimum atomic E-state index is -4.90. The van der Waals surface area contributed by atoms with E-state index in [4.69, 9.17) is 4.74 Å². The molecule has 0 radical (unpaired) electrons. The van der Waals surface area contributed by atoms with E-state index in [0.717, 1.165) is 36.8 Å². The van der Waals surface area contributed by atoms with E-state index in [0.29, 0.717) is 56.5 Å². The summed E-state index contributed by atoms with van der Waals surface area (Å²) in [4.78, 5) is 13.0. The van der Waals surface area contributed by atoms with Gasteiger partial charge in [-0.3, -0.25) is 4.79 Å². The molecule has 0 N–H and O–H groups in total. The number of benzene rings is 4. The van der Waals surface area contributed by atoms with Gasteiger partial charge in [-0.25, -0.2) is 16.8 Å². The number of alkyl halides is 6. The third-order valence-corrected chi connectivity index (χ3v) is 12.1. The largest absolute Gasteiger partial charge is 0.468 e. The van der Waals surface area contributed by atoms with E-state index in [1.807, 2.05) is 0 Å². The van der Waals surface area contributed by atoms with Gasteiger partial charge in [-0.05, 0) is 72.5 Å². The first-order chi connectivity index (χ1) is 25.5. The lowest BCUT2D eigenvalue weighted by molar-refractivity contribution is -0.141. The maximum absolute atomic E-state index is 14.4. The van der Waals surface area contributed by atoms with Crippen LogP contribution in [0.25, 0.3) is 21.8 Å². The lowest BCUT2D eigenvalue weighted by atomic mass is 9.87. The Balaban J connectivity index is 1.58. The van der Waals surface area contributed by atoms with Gasteiger partial charge in [0.2, 0.25) is 0 Å². The normalized spacial score (nSPS) is 12.9. The van der Waals surface area contributed by atoms with Crippen molar-refractivity contribution in [3.8, 4) is 0 Å². The van der Waals surface area contributed by atoms with Crippen molar-refractivity contribution in [3.63, 3.8) is 0 Å². The highest BCUT2D eigenvalue weighted by atomic mass is 32.2. The Hall–Kier alpha value is -5.09. The Bertz CT molecular complexity index is 2550. The summed E-state index contributed by atoms with van der Waals surface area (Å²) in [7, 11) is -6.76. The molecule has 16 heteroatoms. The van der Waals surface area contributed by atoms with Crippen LogP contribution >= 0.6 is 0 Å². The third kappa shape index (κ3) is 7.36. The smallest absolute Gasteiger partial charge is 0.416 e. The van der Waals surface area contributed by atoms with E-state index in [2.05, 4.69) is 0 Å². The number of carbonyl (C=O) groups excluding carboxylic acids is 1. The molecule has 290 valence electrons. The summed E-state index contributed by atoms with van der Waals surface area (Å²) < 4.78 is 144. The molecule has 0 atom stereocenters. The predicted molar refractivity (Wildman–Crippen MR) is 195 cm³/mol. The number of hydrogen-bond acceptors (Lipinski definition) is 6. The van der Waals surface area contributed by atoms with E-state index in [9.17, 15) is 48.0 Å². The highest BCUT2D eigenvalue weighted by Crippen LogP contribution is 2.43. The third-order valence-electron chi connectivity index (χ3n) is 9.86. The molecule has 0 fully saturated rings. The molecule has 2 heterocycles. The lowest BCUT2D eigenvalue weighted by Gasteiger charge is -2.19. The maximum atomic E-state index is 14.4. The fourth-order valence-corrected chi connectivity index (χ4v) is 8.56. The molecule has 6 aromatic rings. The highest BCUT2D eigenvalue weighted by molar-refractivity contribution is 7.91. The number of methoxy groups -OCH3 is 1. The lowest BCUT2D eigenvalue weighted by Crippen LogP contribution is -2.19. The molecule has 0 bridgehead atoms. The van der Waals surface area contributed by atoms with Crippen molar-refractivity contribution in [2.24, 2.45) is 0 Å². The van der Waals surface area contributed by atoms with Crippen LogP contribution in [0.4, 0.5) is 26.3 Å². The Morgan fingerprint density at radius 3 is 1.33 bits per heavy atom. The van der Waals surface area contributed by atoms with Crippen molar-refractivity contribution in [2.45, 2.75) is 55.0 Å². The Kier molecular flexibility index (Phi) is 10.00. The standard InChI is InChI=1S/C39H34F6N2O6S2/c1-22-34(28-10-6-8-12-32(28)46(22)20-24-14-16-26(54(4,49)50)18-30(24)38(40,41)42)36(37(48)53-3)35-23(2)47(33-13-9-7-11-29(33)35)21-25-15-17-27(55(5,51)52)19-31(25)39(43,44)45/h6-19,36H,20-21H2,1-5H3. The van der Waals surface area contributed by atoms with Crippen molar-refractivity contribution in [1.29, 1.82) is 0 Å². The minimum absolute atomic E-state index is 0.222. The topological polar surface area (TPSA) is 104 Å². The molecule has 55 heavy (non-hydrogen) atoms. The van der Waals surface area contributed by atoms with Crippen molar-refractivity contribution < 1.29 is 52.7 Å². The summed E-state index contributed by atoms with van der Waals surface area (Å²) in [5.74, 6) is -1.95. The summed E-state index contributed by atoms with van der Waals surface area (Å²) in [6.45, 7) is 2.56. The molecule has 4 aromatic carbocycles. The number of rotatable bonds is 9. The number of para-hydroxylation sites is 2. The van der Waals surface area contributed by atoms with Crippen LogP contribution in [0.3, 0.4) is 0 Å². The number of sulfone groups is 2. The van der Waals surface area contributed by atoms with Crippen molar-refractivity contribution in [3.05, 3.63) is 130 Å². The van der Waals surface area contributed by atoms with Crippen LogP contribution < -0.4 is 0 Å². The van der Waals surface area contributed by atoms with Crippen molar-refractivity contribution in [1.82, 2.24) is 9.13 Å². The van der Waals surface area contributed by atoms with Crippen LogP contribution in [0.5, 0.6) is 0 Å². The van der Waals surface area contributed by atoms with Crippen LogP contribution in [0, 0.1) is 13.8 Å². The Morgan fingerprint density at radius 2 is 1.00 bits per heavy atom. The number of ether oxygens (including phenoxy) is 1. The molecular formula is C39H34F6N2O6S2. The number of esters is 1. The van der Waals surface area contributed by atoms with Gasteiger partial charge in [-0.1, -0.05) is 48.5 Å². The monoisotopic (exact) mass is 804 g/mol. The molecule has 8 nitrogen and oxygen atoms in total. The van der Waals surface area contributed by atoms with Gasteiger partial charge in [0.25, 0.3) is 0 Å². The average molecular weight is 805 g/mol. The van der Waals surface area contributed by atoms with Gasteiger partial charge in [0.05, 0.1) is 28.0 Å². The quantitative estimate of drug-likeness (QED) is 0.107. The van der Waals surface area contributed by atoms with Gasteiger partial charge in [-0.2, -0.15) is 26.3 Å². The number of fused-ring (bicyclic) bond motifs is 2. The predicted octanol–water partition coefficient (Wildman–Crippen LogP) is 8.46. The fourth-order valence-electron chi connectivity index (χ4n) is 7.27. The fraction of sp³-hybridized carbons (Fsp3) is 0.256. The number of hydrogen-bond donors (Lipinski definition) is 0. The second kappa shape index (κ2) is 13.9. The van der Waals surface area contributed by atoms with Crippen molar-refractivity contribution >= 4 is 47.4 Å². The second-order valence-electron chi connectivity index (χ2n) is 13.3. The number of carbonyl (C=O) groups is 1. The van der Waals surface area contributed by atoms with Gasteiger partial charge in [-0.15, -0.1) is 0 Å². The highest BCUT2D eigenvalue weighted by Gasteiger charge is 2.38. The van der Waals surface area contributed by atoms with Gasteiger partial charge in [0.1, 0.15) is 5.92 Å². The zero-order valence-electron chi connectivity index (χ0n) is 30.0. The first-order valence-corrected chi connectivity index (χ1v) is 20.4. The van der Waals surface area contributed by atoms with E-state index < -0.39 is 64.8 Å². The van der Waals surface area contributed by atoms with Gasteiger partial charge >= 0.3 is 18.3 Å². The first-order valence-electron chi connectivity index (χ1n) is 16.6. The zero-order valence-corrected chi connectivity index (χ0v) is 31.6. The first kappa shape index (κ1) is 39.6. The van der Waals surface area contributed by atoms with Crippen LogP contribution in [0.1, 0.15) is 50.7 Å². The van der Waals surface area contributed by atoms with Crippen LogP contribution in [0.15, 0.2) is 94.7 Å². The van der Waals surface area contributed by atoms with E-state index in [1.54, 1.807) is 71.5 Å². The number of aromatic nitrogens is 2. The van der Waals surface area contributed by atoms with Gasteiger partial charge in [0, 0.05) is 58.8 Å². The number of halogens is 6. The molecule has 0 amide bonds. The molecule has 6 rings (SSSR count). The van der Waals surface area contributed by atoms with E-state index >= 15 is 0 Å². The molecule has 0 aliphatic carbocycles. The molecule has 2 aromatic heterocycles. The summed E-state index contributed by atoms with van der Waals surface area (Å²) >= 11 is 0. The number of nitrogens with zero attached hydrogens (tertiary/aromatic N) is 2. The maximum Gasteiger partial charge on any atom is 0.416 e. The molecule has 0 aliphatic rings. The van der Waals surface area contributed by atoms with Crippen LogP contribution in [-0.4, -0.2) is 51.6 Å². The molecule has 0 spiro atoms. The SMILES string of the molecule is COC(=O)C(c1c(C)n(Cc2ccc(S(C)(=O)=O)cc2C(F)(F)F)c2ccccc12)c1c(C)n(Cc2ccc(S(C)(=O)=O)cc2C(F)(F)F)c2ccccc12. The molecule has 0 saturated heterocycles. The van der Waals surface area contributed by atoms with Gasteiger partial charge < -0.3 is 13.9 Å².